The molecule has 0 aliphatic carbocycles. The van der Waals surface area contributed by atoms with Crippen molar-refractivity contribution in [2.75, 3.05) is 0 Å². The molecule has 0 aromatic heterocycles. The molecular formula is C12H14F2N2O3. The van der Waals surface area contributed by atoms with Gasteiger partial charge in [-0.2, -0.15) is 0 Å². The van der Waals surface area contributed by atoms with Gasteiger partial charge < -0.3 is 15.7 Å². The molecule has 0 radical (unpaired) electrons. The topological polar surface area (TPSA) is 78.4 Å². The van der Waals surface area contributed by atoms with Gasteiger partial charge in [-0.3, -0.25) is 4.79 Å². The normalized spacial score (nSPS) is 11.7. The van der Waals surface area contributed by atoms with Crippen molar-refractivity contribution >= 4 is 12.0 Å². The van der Waals surface area contributed by atoms with Crippen molar-refractivity contribution in [2.45, 2.75) is 25.9 Å². The first-order valence-electron chi connectivity index (χ1n) is 5.58. The third-order valence-electron chi connectivity index (χ3n) is 2.30. The highest BCUT2D eigenvalue weighted by Gasteiger charge is 2.10. The summed E-state index contributed by atoms with van der Waals surface area (Å²) in [5, 5.41) is 13.3. The van der Waals surface area contributed by atoms with E-state index in [4.69, 9.17) is 5.11 Å². The quantitative estimate of drug-likeness (QED) is 0.762. The van der Waals surface area contributed by atoms with Crippen molar-refractivity contribution in [3.8, 4) is 0 Å². The molecule has 19 heavy (non-hydrogen) atoms. The molecule has 1 aromatic carbocycles. The standard InChI is InChI=1S/C12H14F2N2O3/c1-7(4-11(17)18)16-12(19)15-6-8-2-3-9(13)10(14)5-8/h2-3,5,7H,4,6H2,1H3,(H,17,18)(H2,15,16,19). The molecule has 5 nitrogen and oxygen atoms in total. The number of halogens is 2. The molecule has 0 saturated heterocycles. The average Bonchev–Trinajstić information content (AvgIpc) is 2.29. The molecule has 104 valence electrons. The van der Waals surface area contributed by atoms with Crippen LogP contribution in [-0.2, 0) is 11.3 Å². The van der Waals surface area contributed by atoms with Crippen molar-refractivity contribution in [1.29, 1.82) is 0 Å². The first kappa shape index (κ1) is 14.9. The Balaban J connectivity index is 2.41. The third-order valence-corrected chi connectivity index (χ3v) is 2.30. The summed E-state index contributed by atoms with van der Waals surface area (Å²) < 4.78 is 25.5. The van der Waals surface area contributed by atoms with Crippen LogP contribution < -0.4 is 10.6 Å². The predicted molar refractivity (Wildman–Crippen MR) is 63.4 cm³/mol. The number of rotatable bonds is 5. The first-order chi connectivity index (χ1) is 8.88. The number of carbonyl (C=O) groups excluding carboxylic acids is 1. The minimum Gasteiger partial charge on any atom is -0.481 e. The fraction of sp³-hybridized carbons (Fsp3) is 0.333. The molecular weight excluding hydrogens is 258 g/mol. The molecule has 0 aliphatic rings. The van der Waals surface area contributed by atoms with E-state index < -0.39 is 29.7 Å². The summed E-state index contributed by atoms with van der Waals surface area (Å²) in [6.07, 6.45) is -0.196. The first-order valence-corrected chi connectivity index (χ1v) is 5.58. The number of urea groups is 1. The van der Waals surface area contributed by atoms with Gasteiger partial charge in [0.1, 0.15) is 0 Å². The maximum atomic E-state index is 12.9. The zero-order valence-electron chi connectivity index (χ0n) is 10.2. The molecule has 1 unspecified atom stereocenters. The van der Waals surface area contributed by atoms with Gasteiger partial charge in [-0.05, 0) is 24.6 Å². The fourth-order valence-corrected chi connectivity index (χ4v) is 1.42. The lowest BCUT2D eigenvalue weighted by molar-refractivity contribution is -0.137. The van der Waals surface area contributed by atoms with E-state index in [-0.39, 0.29) is 13.0 Å². The maximum absolute atomic E-state index is 12.9. The Bertz CT molecular complexity index is 480. The summed E-state index contributed by atoms with van der Waals surface area (Å²) in [5.41, 5.74) is 0.403. The molecule has 3 N–H and O–H groups in total. The lowest BCUT2D eigenvalue weighted by Gasteiger charge is -2.12. The number of aliphatic carboxylic acids is 1. The minimum atomic E-state index is -1.02. The van der Waals surface area contributed by atoms with E-state index in [9.17, 15) is 18.4 Å². The van der Waals surface area contributed by atoms with Crippen molar-refractivity contribution < 1.29 is 23.5 Å². The molecule has 7 heteroatoms. The summed E-state index contributed by atoms with van der Waals surface area (Å²) in [6.45, 7) is 1.56. The minimum absolute atomic E-state index is 0.0167. The van der Waals surface area contributed by atoms with E-state index in [0.29, 0.717) is 5.56 Å². The van der Waals surface area contributed by atoms with Crippen LogP contribution >= 0.6 is 0 Å². The second kappa shape index (κ2) is 6.67. The Morgan fingerprint density at radius 3 is 2.58 bits per heavy atom. The molecule has 1 rings (SSSR count). The molecule has 0 aliphatic heterocycles. The lowest BCUT2D eigenvalue weighted by Crippen LogP contribution is -2.41. The monoisotopic (exact) mass is 272 g/mol. The summed E-state index contributed by atoms with van der Waals surface area (Å²) in [4.78, 5) is 21.8. The van der Waals surface area contributed by atoms with Crippen LogP contribution in [0.15, 0.2) is 18.2 Å². The number of amides is 2. The van der Waals surface area contributed by atoms with Crippen LogP contribution in [0.1, 0.15) is 18.9 Å². The maximum Gasteiger partial charge on any atom is 0.315 e. The second-order valence-electron chi connectivity index (χ2n) is 4.07. The molecule has 0 saturated carbocycles. The van der Waals surface area contributed by atoms with Crippen molar-refractivity contribution in [1.82, 2.24) is 10.6 Å². The Labute approximate surface area is 108 Å². The van der Waals surface area contributed by atoms with Crippen LogP contribution in [0.2, 0.25) is 0 Å². The summed E-state index contributed by atoms with van der Waals surface area (Å²) >= 11 is 0. The number of carboxylic acids is 1. The molecule has 1 atom stereocenters. The van der Waals surface area contributed by atoms with Crippen molar-refractivity contribution in [3.63, 3.8) is 0 Å². The van der Waals surface area contributed by atoms with Crippen LogP contribution in [0.4, 0.5) is 13.6 Å². The fourth-order valence-electron chi connectivity index (χ4n) is 1.42. The number of carbonyl (C=O) groups is 2. The summed E-state index contributed by atoms with van der Waals surface area (Å²) in [5.74, 6) is -2.96. The summed E-state index contributed by atoms with van der Waals surface area (Å²) in [7, 11) is 0. The largest absolute Gasteiger partial charge is 0.481 e. The van der Waals surface area contributed by atoms with Crippen LogP contribution in [0.3, 0.4) is 0 Å². The van der Waals surface area contributed by atoms with Crippen LogP contribution in [0.25, 0.3) is 0 Å². The van der Waals surface area contributed by atoms with Gasteiger partial charge in [0, 0.05) is 12.6 Å². The van der Waals surface area contributed by atoms with Crippen molar-refractivity contribution in [2.24, 2.45) is 0 Å². The molecule has 2 amide bonds. The van der Waals surface area contributed by atoms with Gasteiger partial charge >= 0.3 is 12.0 Å². The Hall–Kier alpha value is -2.18. The van der Waals surface area contributed by atoms with Crippen molar-refractivity contribution in [3.05, 3.63) is 35.4 Å². The Kier molecular flexibility index (Phi) is 5.23. The number of hydrogen-bond acceptors (Lipinski definition) is 2. The van der Waals surface area contributed by atoms with Gasteiger partial charge in [0.15, 0.2) is 11.6 Å². The highest BCUT2D eigenvalue weighted by molar-refractivity contribution is 5.75. The van der Waals surface area contributed by atoms with Crippen LogP contribution in [-0.4, -0.2) is 23.1 Å². The Morgan fingerprint density at radius 1 is 1.32 bits per heavy atom. The van der Waals surface area contributed by atoms with Gasteiger partial charge in [-0.25, -0.2) is 13.6 Å². The highest BCUT2D eigenvalue weighted by atomic mass is 19.2. The number of nitrogens with one attached hydrogen (secondary N) is 2. The van der Waals surface area contributed by atoms with Gasteiger partial charge in [-0.15, -0.1) is 0 Å². The molecule has 0 bridgehead atoms. The number of benzene rings is 1. The number of carboxylic acid groups (broad SMARTS) is 1. The molecule has 1 aromatic rings. The molecule has 0 spiro atoms. The van der Waals surface area contributed by atoms with E-state index >= 15 is 0 Å². The van der Waals surface area contributed by atoms with E-state index in [1.165, 1.54) is 6.07 Å². The highest BCUT2D eigenvalue weighted by Crippen LogP contribution is 2.08. The van der Waals surface area contributed by atoms with Gasteiger partial charge in [-0.1, -0.05) is 6.07 Å². The molecule has 0 heterocycles. The van der Waals surface area contributed by atoms with Crippen LogP contribution in [0, 0.1) is 11.6 Å². The average molecular weight is 272 g/mol. The van der Waals surface area contributed by atoms with E-state index in [0.717, 1.165) is 12.1 Å². The van der Waals surface area contributed by atoms with E-state index in [2.05, 4.69) is 10.6 Å². The summed E-state index contributed by atoms with van der Waals surface area (Å²) in [6, 6.07) is 2.20. The molecule has 0 fully saturated rings. The van der Waals surface area contributed by atoms with Gasteiger partial charge in [0.05, 0.1) is 6.42 Å². The second-order valence-corrected chi connectivity index (χ2v) is 4.07. The van der Waals surface area contributed by atoms with Crippen LogP contribution in [0.5, 0.6) is 0 Å². The number of hydrogen-bond donors (Lipinski definition) is 3. The SMILES string of the molecule is CC(CC(=O)O)NC(=O)NCc1ccc(F)c(F)c1. The predicted octanol–water partition coefficient (Wildman–Crippen LogP) is 1.63. The third kappa shape index (κ3) is 5.33. The zero-order chi connectivity index (χ0) is 14.4. The van der Waals surface area contributed by atoms with Gasteiger partial charge in [0.2, 0.25) is 0 Å². The Morgan fingerprint density at radius 2 is 2.00 bits per heavy atom. The van der Waals surface area contributed by atoms with E-state index in [1.807, 2.05) is 0 Å². The van der Waals surface area contributed by atoms with Gasteiger partial charge in [0.25, 0.3) is 0 Å². The smallest absolute Gasteiger partial charge is 0.315 e. The zero-order valence-corrected chi connectivity index (χ0v) is 10.2. The van der Waals surface area contributed by atoms with E-state index in [1.54, 1.807) is 6.92 Å². The lowest BCUT2D eigenvalue weighted by atomic mass is 10.2.